The Balaban J connectivity index is 2.22. The number of carbonyl (C=O) groups excluding carboxylic acids is 1. The van der Waals surface area contributed by atoms with Crippen LogP contribution in [0.5, 0.6) is 5.75 Å². The molecule has 0 spiro atoms. The van der Waals surface area contributed by atoms with Crippen LogP contribution in [0.3, 0.4) is 0 Å². The first-order valence-electron chi connectivity index (χ1n) is 4.97. The van der Waals surface area contributed by atoms with Gasteiger partial charge in [0.25, 0.3) is 5.91 Å². The zero-order valence-corrected chi connectivity index (χ0v) is 9.78. The lowest BCUT2D eigenvalue weighted by Crippen LogP contribution is -2.12. The molecule has 1 amide bonds. The molecule has 2 N–H and O–H groups in total. The largest absolute Gasteiger partial charge is 0.505 e. The average Bonchev–Trinajstić information content (AvgIpc) is 2.34. The van der Waals surface area contributed by atoms with Crippen molar-refractivity contribution in [2.24, 2.45) is 0 Å². The third-order valence-corrected chi connectivity index (χ3v) is 2.55. The third kappa shape index (κ3) is 2.57. The van der Waals surface area contributed by atoms with E-state index in [2.05, 4.69) is 10.3 Å². The number of halogens is 2. The summed E-state index contributed by atoms with van der Waals surface area (Å²) in [4.78, 5) is 15.6. The predicted molar refractivity (Wildman–Crippen MR) is 65.3 cm³/mol. The summed E-state index contributed by atoms with van der Waals surface area (Å²) in [7, 11) is 0. The highest BCUT2D eigenvalue weighted by Crippen LogP contribution is 2.21. The lowest BCUT2D eigenvalue weighted by Gasteiger charge is -2.06. The van der Waals surface area contributed by atoms with Gasteiger partial charge in [-0.1, -0.05) is 11.6 Å². The summed E-state index contributed by atoms with van der Waals surface area (Å²) in [5.74, 6) is -1.80. The SMILES string of the molecule is O=C(Nc1ccc(O)c(F)c1)c1cnccc1Cl. The first-order valence-corrected chi connectivity index (χ1v) is 5.35. The van der Waals surface area contributed by atoms with Gasteiger partial charge in [0.1, 0.15) is 0 Å². The maximum absolute atomic E-state index is 13.1. The Morgan fingerprint density at radius 2 is 2.17 bits per heavy atom. The molecule has 1 aromatic carbocycles. The Kier molecular flexibility index (Phi) is 3.43. The van der Waals surface area contributed by atoms with Crippen molar-refractivity contribution in [3.8, 4) is 5.75 Å². The van der Waals surface area contributed by atoms with Gasteiger partial charge in [-0.15, -0.1) is 0 Å². The Bertz CT molecular complexity index is 604. The van der Waals surface area contributed by atoms with Gasteiger partial charge in [0.2, 0.25) is 0 Å². The molecule has 0 aliphatic carbocycles. The summed E-state index contributed by atoms with van der Waals surface area (Å²) < 4.78 is 13.1. The van der Waals surface area contributed by atoms with E-state index in [1.54, 1.807) is 0 Å². The molecule has 0 aliphatic rings. The number of aromatic nitrogens is 1. The fraction of sp³-hybridized carbons (Fsp3) is 0. The zero-order chi connectivity index (χ0) is 13.1. The fourth-order valence-electron chi connectivity index (χ4n) is 1.33. The molecule has 6 heteroatoms. The van der Waals surface area contributed by atoms with Gasteiger partial charge in [-0.3, -0.25) is 9.78 Å². The minimum Gasteiger partial charge on any atom is -0.505 e. The standard InChI is InChI=1S/C12H8ClFN2O2/c13-9-3-4-15-6-8(9)12(18)16-7-1-2-11(17)10(14)5-7/h1-6,17H,(H,16,18). The number of amides is 1. The first kappa shape index (κ1) is 12.3. The van der Waals surface area contributed by atoms with Gasteiger partial charge in [0.15, 0.2) is 11.6 Å². The molecule has 0 bridgehead atoms. The van der Waals surface area contributed by atoms with Crippen LogP contribution in [0.15, 0.2) is 36.7 Å². The van der Waals surface area contributed by atoms with Crippen molar-refractivity contribution in [1.29, 1.82) is 0 Å². The third-order valence-electron chi connectivity index (χ3n) is 2.22. The van der Waals surface area contributed by atoms with Crippen LogP contribution in [-0.2, 0) is 0 Å². The van der Waals surface area contributed by atoms with E-state index in [1.165, 1.54) is 24.5 Å². The molecule has 2 rings (SSSR count). The van der Waals surface area contributed by atoms with Crippen LogP contribution in [0.4, 0.5) is 10.1 Å². The Morgan fingerprint density at radius 3 is 2.83 bits per heavy atom. The van der Waals surface area contributed by atoms with Crippen molar-refractivity contribution in [2.75, 3.05) is 5.32 Å². The van der Waals surface area contributed by atoms with Gasteiger partial charge in [0, 0.05) is 24.1 Å². The van der Waals surface area contributed by atoms with E-state index >= 15 is 0 Å². The topological polar surface area (TPSA) is 62.2 Å². The van der Waals surface area contributed by atoms with Crippen LogP contribution in [0.1, 0.15) is 10.4 Å². The van der Waals surface area contributed by atoms with Crippen molar-refractivity contribution in [3.63, 3.8) is 0 Å². The highest BCUT2D eigenvalue weighted by Gasteiger charge is 2.11. The average molecular weight is 267 g/mol. The van der Waals surface area contributed by atoms with E-state index in [4.69, 9.17) is 16.7 Å². The van der Waals surface area contributed by atoms with E-state index in [0.29, 0.717) is 0 Å². The second-order valence-electron chi connectivity index (χ2n) is 3.48. The quantitative estimate of drug-likeness (QED) is 0.822. The summed E-state index contributed by atoms with van der Waals surface area (Å²) in [5, 5.41) is 11.7. The number of phenols is 1. The molecule has 1 heterocycles. The zero-order valence-electron chi connectivity index (χ0n) is 9.02. The van der Waals surface area contributed by atoms with Crippen molar-refractivity contribution in [1.82, 2.24) is 4.98 Å². The van der Waals surface area contributed by atoms with Gasteiger partial charge in [0.05, 0.1) is 10.6 Å². The van der Waals surface area contributed by atoms with Crippen molar-refractivity contribution < 1.29 is 14.3 Å². The molecular formula is C12H8ClFN2O2. The Hall–Kier alpha value is -2.14. The molecule has 18 heavy (non-hydrogen) atoms. The van der Waals surface area contributed by atoms with Gasteiger partial charge in [-0.2, -0.15) is 0 Å². The summed E-state index contributed by atoms with van der Waals surface area (Å²) >= 11 is 5.83. The van der Waals surface area contributed by atoms with Crippen LogP contribution < -0.4 is 5.32 Å². The van der Waals surface area contributed by atoms with Gasteiger partial charge >= 0.3 is 0 Å². The van der Waals surface area contributed by atoms with Gasteiger partial charge < -0.3 is 10.4 Å². The molecule has 0 saturated heterocycles. The number of carbonyl (C=O) groups is 1. The number of benzene rings is 1. The predicted octanol–water partition coefficient (Wildman–Crippen LogP) is 2.83. The molecule has 0 fully saturated rings. The van der Waals surface area contributed by atoms with Crippen molar-refractivity contribution >= 4 is 23.2 Å². The number of hydrogen-bond acceptors (Lipinski definition) is 3. The van der Waals surface area contributed by atoms with E-state index in [1.807, 2.05) is 0 Å². The molecule has 0 unspecified atom stereocenters. The second-order valence-corrected chi connectivity index (χ2v) is 3.88. The molecule has 92 valence electrons. The molecule has 0 radical (unpaired) electrons. The lowest BCUT2D eigenvalue weighted by atomic mass is 10.2. The molecule has 1 aromatic heterocycles. The van der Waals surface area contributed by atoms with Crippen molar-refractivity contribution in [3.05, 3.63) is 53.1 Å². The Labute approximate surface area is 107 Å². The molecule has 0 atom stereocenters. The monoisotopic (exact) mass is 266 g/mol. The number of nitrogens with one attached hydrogen (secondary N) is 1. The van der Waals surface area contributed by atoms with E-state index in [9.17, 15) is 9.18 Å². The molecule has 0 aliphatic heterocycles. The maximum Gasteiger partial charge on any atom is 0.258 e. The lowest BCUT2D eigenvalue weighted by molar-refractivity contribution is 0.102. The number of anilines is 1. The summed E-state index contributed by atoms with van der Waals surface area (Å²) in [6.07, 6.45) is 2.77. The number of nitrogens with zero attached hydrogens (tertiary/aromatic N) is 1. The maximum atomic E-state index is 13.1. The number of hydrogen-bond donors (Lipinski definition) is 2. The van der Waals surface area contributed by atoms with Crippen molar-refractivity contribution in [2.45, 2.75) is 0 Å². The van der Waals surface area contributed by atoms with E-state index < -0.39 is 17.5 Å². The van der Waals surface area contributed by atoms with Crippen LogP contribution in [0, 0.1) is 5.82 Å². The molecule has 4 nitrogen and oxygen atoms in total. The normalized spacial score (nSPS) is 10.1. The summed E-state index contributed by atoms with van der Waals surface area (Å²) in [6.45, 7) is 0. The smallest absolute Gasteiger partial charge is 0.258 e. The van der Waals surface area contributed by atoms with E-state index in [0.717, 1.165) is 12.1 Å². The second kappa shape index (κ2) is 5.01. The van der Waals surface area contributed by atoms with Gasteiger partial charge in [-0.25, -0.2) is 4.39 Å². The van der Waals surface area contributed by atoms with Crippen LogP contribution in [0.25, 0.3) is 0 Å². The highest BCUT2D eigenvalue weighted by atomic mass is 35.5. The summed E-state index contributed by atoms with van der Waals surface area (Å²) in [6, 6.07) is 5.02. The number of pyridine rings is 1. The van der Waals surface area contributed by atoms with Gasteiger partial charge in [-0.05, 0) is 18.2 Å². The van der Waals surface area contributed by atoms with Crippen LogP contribution >= 0.6 is 11.6 Å². The number of rotatable bonds is 2. The van der Waals surface area contributed by atoms with Crippen LogP contribution in [0.2, 0.25) is 5.02 Å². The molecule has 0 saturated carbocycles. The number of phenolic OH excluding ortho intramolecular Hbond substituents is 1. The summed E-state index contributed by atoms with van der Waals surface area (Å²) in [5.41, 5.74) is 0.405. The minimum absolute atomic E-state index is 0.188. The van der Waals surface area contributed by atoms with Crippen LogP contribution in [-0.4, -0.2) is 16.0 Å². The molecular weight excluding hydrogens is 259 g/mol. The number of aromatic hydroxyl groups is 1. The highest BCUT2D eigenvalue weighted by molar-refractivity contribution is 6.34. The van der Waals surface area contributed by atoms with E-state index in [-0.39, 0.29) is 16.3 Å². The Morgan fingerprint density at radius 1 is 1.39 bits per heavy atom. The molecule has 2 aromatic rings. The fourth-order valence-corrected chi connectivity index (χ4v) is 1.52. The first-order chi connectivity index (χ1) is 8.58. The minimum atomic E-state index is -0.815.